The van der Waals surface area contributed by atoms with Crippen molar-refractivity contribution < 1.29 is 22.7 Å². The zero-order valence-corrected chi connectivity index (χ0v) is 11.3. The van der Waals surface area contributed by atoms with Crippen LogP contribution in [-0.2, 0) is 4.74 Å². The summed E-state index contributed by atoms with van der Waals surface area (Å²) >= 11 is 5.71. The molecular formula is C13H8ClF3N2O2. The molecule has 4 nitrogen and oxygen atoms in total. The summed E-state index contributed by atoms with van der Waals surface area (Å²) in [4.78, 5) is 15.1. The van der Waals surface area contributed by atoms with Crippen LogP contribution < -0.4 is 5.73 Å². The highest BCUT2D eigenvalue weighted by Gasteiger charge is 2.24. The number of halogens is 4. The predicted molar refractivity (Wildman–Crippen MR) is 70.3 cm³/mol. The third-order valence-electron chi connectivity index (χ3n) is 2.70. The van der Waals surface area contributed by atoms with Gasteiger partial charge in [0.1, 0.15) is 5.69 Å². The molecule has 0 bridgehead atoms. The number of benzene rings is 1. The number of methoxy groups -OCH3 is 1. The number of aromatic nitrogens is 1. The van der Waals surface area contributed by atoms with Gasteiger partial charge in [-0.05, 0) is 12.1 Å². The standard InChI is InChI=1S/C13H8ClF3N2O2/c1-21-13(20)12-7(14)10(18)9(17)11(19-12)5-3-2-4-6(15)8(5)16/h2-4H,1H3,(H2,18,19). The van der Waals surface area contributed by atoms with Crippen LogP contribution in [0, 0.1) is 17.5 Å². The Morgan fingerprint density at radius 2 is 1.95 bits per heavy atom. The van der Waals surface area contributed by atoms with Gasteiger partial charge in [0, 0.05) is 5.56 Å². The number of esters is 1. The molecule has 0 aliphatic rings. The Morgan fingerprint density at radius 1 is 1.29 bits per heavy atom. The van der Waals surface area contributed by atoms with E-state index in [4.69, 9.17) is 17.3 Å². The number of rotatable bonds is 2. The van der Waals surface area contributed by atoms with Crippen LogP contribution in [0.1, 0.15) is 10.5 Å². The first-order chi connectivity index (χ1) is 9.88. The van der Waals surface area contributed by atoms with E-state index in [-0.39, 0.29) is 0 Å². The number of nitrogen functional groups attached to an aromatic ring is 1. The lowest BCUT2D eigenvalue weighted by Crippen LogP contribution is -2.11. The van der Waals surface area contributed by atoms with Gasteiger partial charge in [-0.25, -0.2) is 22.9 Å². The van der Waals surface area contributed by atoms with E-state index in [9.17, 15) is 18.0 Å². The number of hydrogen-bond donors (Lipinski definition) is 1. The van der Waals surface area contributed by atoms with Crippen molar-refractivity contribution in [3.05, 3.63) is 46.4 Å². The second-order valence-electron chi connectivity index (χ2n) is 3.94. The van der Waals surface area contributed by atoms with Gasteiger partial charge in [0.05, 0.1) is 17.8 Å². The molecule has 0 unspecified atom stereocenters. The van der Waals surface area contributed by atoms with Crippen LogP contribution >= 0.6 is 11.6 Å². The summed E-state index contributed by atoms with van der Waals surface area (Å²) in [5.74, 6) is -4.65. The Bertz CT molecular complexity index is 738. The number of hydrogen-bond acceptors (Lipinski definition) is 4. The van der Waals surface area contributed by atoms with Gasteiger partial charge in [0.2, 0.25) is 0 Å². The van der Waals surface area contributed by atoms with Crippen LogP contribution in [0.4, 0.5) is 18.9 Å². The van der Waals surface area contributed by atoms with Crippen molar-refractivity contribution in [1.29, 1.82) is 0 Å². The van der Waals surface area contributed by atoms with E-state index < -0.39 is 51.1 Å². The number of carbonyl (C=O) groups excluding carboxylic acids is 1. The second kappa shape index (κ2) is 5.61. The summed E-state index contributed by atoms with van der Waals surface area (Å²) in [6.07, 6.45) is 0. The molecule has 0 atom stereocenters. The molecule has 2 aromatic rings. The molecule has 8 heteroatoms. The molecule has 0 radical (unpaired) electrons. The van der Waals surface area contributed by atoms with E-state index in [0.29, 0.717) is 0 Å². The highest BCUT2D eigenvalue weighted by atomic mass is 35.5. The Balaban J connectivity index is 2.78. The van der Waals surface area contributed by atoms with Crippen LogP contribution in [-0.4, -0.2) is 18.1 Å². The topological polar surface area (TPSA) is 65.2 Å². The molecule has 0 aliphatic heterocycles. The van der Waals surface area contributed by atoms with Gasteiger partial charge >= 0.3 is 5.97 Å². The van der Waals surface area contributed by atoms with Gasteiger partial charge < -0.3 is 10.5 Å². The monoisotopic (exact) mass is 316 g/mol. The number of pyridine rings is 1. The van der Waals surface area contributed by atoms with E-state index in [1.165, 1.54) is 0 Å². The van der Waals surface area contributed by atoms with Crippen molar-refractivity contribution in [1.82, 2.24) is 4.98 Å². The summed E-state index contributed by atoms with van der Waals surface area (Å²) in [6.45, 7) is 0. The molecule has 1 aromatic heterocycles. The number of ether oxygens (including phenoxy) is 1. The lowest BCUT2D eigenvalue weighted by Gasteiger charge is -2.11. The molecular weight excluding hydrogens is 309 g/mol. The Morgan fingerprint density at radius 3 is 2.57 bits per heavy atom. The van der Waals surface area contributed by atoms with Crippen LogP contribution in [0.2, 0.25) is 5.02 Å². The lowest BCUT2D eigenvalue weighted by molar-refractivity contribution is 0.0594. The third kappa shape index (κ3) is 2.52. The average Bonchev–Trinajstić information content (AvgIpc) is 2.48. The zero-order chi connectivity index (χ0) is 15.7. The molecule has 2 rings (SSSR count). The van der Waals surface area contributed by atoms with Gasteiger partial charge in [-0.1, -0.05) is 17.7 Å². The average molecular weight is 317 g/mol. The highest BCUT2D eigenvalue weighted by molar-refractivity contribution is 6.35. The molecule has 1 aromatic carbocycles. The number of carbonyl (C=O) groups is 1. The first-order valence-corrected chi connectivity index (χ1v) is 5.93. The summed E-state index contributed by atoms with van der Waals surface area (Å²) in [5, 5.41) is -0.458. The van der Waals surface area contributed by atoms with E-state index in [2.05, 4.69) is 9.72 Å². The van der Waals surface area contributed by atoms with E-state index >= 15 is 0 Å². The first-order valence-electron chi connectivity index (χ1n) is 5.55. The van der Waals surface area contributed by atoms with E-state index in [1.54, 1.807) is 0 Å². The first kappa shape index (κ1) is 15.1. The van der Waals surface area contributed by atoms with Crippen molar-refractivity contribution >= 4 is 23.3 Å². The van der Waals surface area contributed by atoms with Gasteiger partial charge in [0.15, 0.2) is 23.1 Å². The summed E-state index contributed by atoms with van der Waals surface area (Å²) < 4.78 is 45.5. The van der Waals surface area contributed by atoms with Gasteiger partial charge in [0.25, 0.3) is 0 Å². The number of anilines is 1. The van der Waals surface area contributed by atoms with Crippen molar-refractivity contribution in [2.75, 3.05) is 12.8 Å². The normalized spacial score (nSPS) is 10.5. The maximum absolute atomic E-state index is 14.1. The Labute approximate surface area is 122 Å². The molecule has 2 N–H and O–H groups in total. The SMILES string of the molecule is COC(=O)c1nc(-c2cccc(F)c2F)c(F)c(N)c1Cl. The summed E-state index contributed by atoms with van der Waals surface area (Å²) in [7, 11) is 1.06. The van der Waals surface area contributed by atoms with Crippen molar-refractivity contribution in [2.24, 2.45) is 0 Å². The molecule has 0 aliphatic carbocycles. The minimum Gasteiger partial charge on any atom is -0.464 e. The van der Waals surface area contributed by atoms with Crippen LogP contribution in [0.15, 0.2) is 18.2 Å². The molecule has 1 heterocycles. The lowest BCUT2D eigenvalue weighted by atomic mass is 10.1. The fourth-order valence-electron chi connectivity index (χ4n) is 1.66. The smallest absolute Gasteiger partial charge is 0.358 e. The molecule has 21 heavy (non-hydrogen) atoms. The van der Waals surface area contributed by atoms with Gasteiger partial charge in [-0.2, -0.15) is 0 Å². The van der Waals surface area contributed by atoms with Gasteiger partial charge in [-0.15, -0.1) is 0 Å². The fraction of sp³-hybridized carbons (Fsp3) is 0.0769. The second-order valence-corrected chi connectivity index (χ2v) is 4.32. The van der Waals surface area contributed by atoms with Crippen LogP contribution in [0.25, 0.3) is 11.3 Å². The van der Waals surface area contributed by atoms with Crippen molar-refractivity contribution in [3.63, 3.8) is 0 Å². The quantitative estimate of drug-likeness (QED) is 0.864. The summed E-state index contributed by atoms with van der Waals surface area (Å²) in [6, 6.07) is 3.12. The van der Waals surface area contributed by atoms with Crippen molar-refractivity contribution in [2.45, 2.75) is 0 Å². The predicted octanol–water partition coefficient (Wildman–Crippen LogP) is 3.19. The van der Waals surface area contributed by atoms with Crippen LogP contribution in [0.5, 0.6) is 0 Å². The van der Waals surface area contributed by atoms with Crippen molar-refractivity contribution in [3.8, 4) is 11.3 Å². The number of nitrogens with two attached hydrogens (primary N) is 1. The zero-order valence-electron chi connectivity index (χ0n) is 10.6. The van der Waals surface area contributed by atoms with E-state index in [1.807, 2.05) is 0 Å². The van der Waals surface area contributed by atoms with Gasteiger partial charge in [-0.3, -0.25) is 0 Å². The molecule has 0 saturated carbocycles. The number of nitrogens with zero attached hydrogens (tertiary/aromatic N) is 1. The fourth-order valence-corrected chi connectivity index (χ4v) is 1.86. The van der Waals surface area contributed by atoms with Crippen LogP contribution in [0.3, 0.4) is 0 Å². The maximum Gasteiger partial charge on any atom is 0.358 e. The largest absolute Gasteiger partial charge is 0.464 e. The molecule has 0 spiro atoms. The molecule has 0 saturated heterocycles. The molecule has 110 valence electrons. The van der Waals surface area contributed by atoms with E-state index in [0.717, 1.165) is 25.3 Å². The molecule has 0 amide bonds. The third-order valence-corrected chi connectivity index (χ3v) is 3.08. The highest BCUT2D eigenvalue weighted by Crippen LogP contribution is 2.33. The Hall–Kier alpha value is -2.28. The molecule has 0 fully saturated rings. The Kier molecular flexibility index (Phi) is 4.04. The maximum atomic E-state index is 14.1. The summed E-state index contributed by atoms with van der Waals surface area (Å²) in [5.41, 5.74) is 3.22. The minimum absolute atomic E-state index is 0.458. The minimum atomic E-state index is -1.32.